The zero-order valence-electron chi connectivity index (χ0n) is 12.1. The molecule has 1 N–H and O–H groups in total. The maximum absolute atomic E-state index is 11.5. The van der Waals surface area contributed by atoms with Crippen LogP contribution in [0.5, 0.6) is 0 Å². The fraction of sp³-hybridized carbons (Fsp3) is 0.562. The third kappa shape index (κ3) is 3.28. The number of allylic oxidation sites excluding steroid dienone is 4. The van der Waals surface area contributed by atoms with E-state index in [4.69, 9.17) is 0 Å². The zero-order valence-corrected chi connectivity index (χ0v) is 12.1. The van der Waals surface area contributed by atoms with Gasteiger partial charge in [0.2, 0.25) is 0 Å². The molecule has 0 atom stereocenters. The first kappa shape index (κ1) is 13.9. The molecule has 0 bridgehead atoms. The lowest BCUT2D eigenvalue weighted by molar-refractivity contribution is 0.487. The van der Waals surface area contributed by atoms with Crippen LogP contribution < -0.4 is 5.69 Å². The van der Waals surface area contributed by atoms with Crippen LogP contribution >= 0.6 is 0 Å². The molecule has 1 aliphatic rings. The Balaban J connectivity index is 2.02. The molecule has 1 aliphatic carbocycles. The summed E-state index contributed by atoms with van der Waals surface area (Å²) in [4.78, 5) is 14.2. The van der Waals surface area contributed by atoms with Crippen LogP contribution in [-0.2, 0) is 6.54 Å². The molecule has 3 nitrogen and oxygen atoms in total. The first-order valence-electron chi connectivity index (χ1n) is 7.16. The molecule has 0 spiro atoms. The Hall–Kier alpha value is -1.51. The minimum Gasteiger partial charge on any atom is -0.313 e. The van der Waals surface area contributed by atoms with Gasteiger partial charge < -0.3 is 4.98 Å². The maximum atomic E-state index is 11.5. The monoisotopic (exact) mass is 260 g/mol. The van der Waals surface area contributed by atoms with Gasteiger partial charge in [-0.2, -0.15) is 0 Å². The number of imidazole rings is 1. The topological polar surface area (TPSA) is 37.8 Å². The number of rotatable bonds is 6. The van der Waals surface area contributed by atoms with Crippen LogP contribution in [0.15, 0.2) is 41.0 Å². The first-order chi connectivity index (χ1) is 9.07. The summed E-state index contributed by atoms with van der Waals surface area (Å²) in [5.41, 5.74) is 1.75. The second kappa shape index (κ2) is 5.64. The molecule has 1 saturated carbocycles. The molecular formula is C16H24N2O. The quantitative estimate of drug-likeness (QED) is 0.781. The molecule has 104 valence electrons. The number of H-pyrrole nitrogens is 1. The van der Waals surface area contributed by atoms with E-state index < -0.39 is 0 Å². The van der Waals surface area contributed by atoms with Crippen molar-refractivity contribution < 1.29 is 0 Å². The number of aryl methyl sites for hydroxylation is 1. The summed E-state index contributed by atoms with van der Waals surface area (Å²) in [5.74, 6) is 0.582. The summed E-state index contributed by atoms with van der Waals surface area (Å²) in [5, 5.41) is 0. The Morgan fingerprint density at radius 2 is 2.26 bits per heavy atom. The van der Waals surface area contributed by atoms with Crippen molar-refractivity contribution in [2.24, 2.45) is 11.3 Å². The van der Waals surface area contributed by atoms with Gasteiger partial charge in [-0.1, -0.05) is 32.1 Å². The Kier molecular flexibility index (Phi) is 4.13. The molecule has 3 heteroatoms. The number of aromatic amines is 1. The van der Waals surface area contributed by atoms with E-state index >= 15 is 0 Å². The number of hydrogen-bond donors (Lipinski definition) is 1. The molecule has 1 aromatic heterocycles. The van der Waals surface area contributed by atoms with E-state index in [1.165, 1.54) is 18.4 Å². The van der Waals surface area contributed by atoms with Crippen LogP contribution in [0, 0.1) is 11.3 Å². The minimum absolute atomic E-state index is 0.00412. The lowest BCUT2D eigenvalue weighted by Gasteiger charge is -2.17. The molecule has 0 saturated heterocycles. The molecule has 1 heterocycles. The predicted octanol–water partition coefficient (Wildman–Crippen LogP) is 3.51. The smallest absolute Gasteiger partial charge is 0.313 e. The van der Waals surface area contributed by atoms with Crippen molar-refractivity contribution in [1.82, 2.24) is 9.55 Å². The highest BCUT2D eigenvalue weighted by atomic mass is 16.1. The standard InChI is InChI=1S/C16H24N2O/c1-4-14(6-5-13(2)3)16(7-8-16)9-11-18-12-10-17-15(18)19/h4-6,10,12-13H,7-9,11H2,1-3H3,(H,17,19)/b6-5-,14-4+. The second-order valence-electron chi connectivity index (χ2n) is 5.84. The van der Waals surface area contributed by atoms with Gasteiger partial charge in [0.05, 0.1) is 0 Å². The van der Waals surface area contributed by atoms with Gasteiger partial charge in [0.25, 0.3) is 0 Å². The lowest BCUT2D eigenvalue weighted by atomic mass is 9.90. The Morgan fingerprint density at radius 1 is 1.53 bits per heavy atom. The number of hydrogen-bond acceptors (Lipinski definition) is 1. The number of nitrogens with one attached hydrogen (secondary N) is 1. The molecular weight excluding hydrogens is 236 g/mol. The Labute approximate surface area is 115 Å². The van der Waals surface area contributed by atoms with E-state index in [-0.39, 0.29) is 5.69 Å². The van der Waals surface area contributed by atoms with Crippen LogP contribution in [0.2, 0.25) is 0 Å². The maximum Gasteiger partial charge on any atom is 0.325 e. The van der Waals surface area contributed by atoms with E-state index in [1.54, 1.807) is 10.8 Å². The fourth-order valence-corrected chi connectivity index (χ4v) is 2.57. The minimum atomic E-state index is -0.00412. The van der Waals surface area contributed by atoms with Gasteiger partial charge in [-0.15, -0.1) is 0 Å². The molecule has 0 amide bonds. The van der Waals surface area contributed by atoms with Gasteiger partial charge in [0, 0.05) is 18.9 Å². The molecule has 0 radical (unpaired) electrons. The molecule has 2 rings (SSSR count). The zero-order chi connectivity index (χ0) is 13.9. The lowest BCUT2D eigenvalue weighted by Crippen LogP contribution is -2.18. The Bertz CT molecular complexity index is 527. The van der Waals surface area contributed by atoms with Gasteiger partial charge in [-0.05, 0) is 43.1 Å². The van der Waals surface area contributed by atoms with Crippen molar-refractivity contribution in [2.45, 2.75) is 46.6 Å². The highest BCUT2D eigenvalue weighted by molar-refractivity contribution is 5.31. The van der Waals surface area contributed by atoms with E-state index in [9.17, 15) is 4.79 Å². The fourth-order valence-electron chi connectivity index (χ4n) is 2.57. The van der Waals surface area contributed by atoms with Crippen molar-refractivity contribution in [2.75, 3.05) is 0 Å². The predicted molar refractivity (Wildman–Crippen MR) is 79.1 cm³/mol. The van der Waals surface area contributed by atoms with E-state index in [1.807, 2.05) is 6.20 Å². The van der Waals surface area contributed by atoms with E-state index in [2.05, 4.69) is 44.0 Å². The number of nitrogens with zero attached hydrogens (tertiary/aromatic N) is 1. The molecule has 1 aromatic rings. The van der Waals surface area contributed by atoms with Gasteiger partial charge in [0.1, 0.15) is 0 Å². The van der Waals surface area contributed by atoms with Crippen molar-refractivity contribution in [3.63, 3.8) is 0 Å². The molecule has 0 aromatic carbocycles. The summed E-state index contributed by atoms with van der Waals surface area (Å²) in [6, 6.07) is 0. The summed E-state index contributed by atoms with van der Waals surface area (Å²) in [6.07, 6.45) is 13.8. The second-order valence-corrected chi connectivity index (χ2v) is 5.84. The average Bonchev–Trinajstić information content (AvgIpc) is 3.04. The van der Waals surface area contributed by atoms with Crippen LogP contribution in [0.25, 0.3) is 0 Å². The Morgan fingerprint density at radius 3 is 2.74 bits per heavy atom. The van der Waals surface area contributed by atoms with Gasteiger partial charge in [0.15, 0.2) is 0 Å². The molecule has 19 heavy (non-hydrogen) atoms. The van der Waals surface area contributed by atoms with Crippen molar-refractivity contribution in [3.8, 4) is 0 Å². The normalized spacial score (nSPS) is 18.4. The highest BCUT2D eigenvalue weighted by Crippen LogP contribution is 2.55. The third-order valence-corrected chi connectivity index (χ3v) is 3.99. The number of aromatic nitrogens is 2. The summed E-state index contributed by atoms with van der Waals surface area (Å²) in [7, 11) is 0. The molecule has 0 unspecified atom stereocenters. The van der Waals surface area contributed by atoms with Crippen LogP contribution in [0.1, 0.15) is 40.0 Å². The third-order valence-electron chi connectivity index (χ3n) is 3.99. The molecule has 1 fully saturated rings. The highest BCUT2D eigenvalue weighted by Gasteiger charge is 2.44. The largest absolute Gasteiger partial charge is 0.325 e. The first-order valence-corrected chi connectivity index (χ1v) is 7.16. The van der Waals surface area contributed by atoms with Crippen molar-refractivity contribution >= 4 is 0 Å². The van der Waals surface area contributed by atoms with E-state index in [0.29, 0.717) is 11.3 Å². The average molecular weight is 260 g/mol. The molecule has 0 aliphatic heterocycles. The van der Waals surface area contributed by atoms with Gasteiger partial charge in [-0.3, -0.25) is 4.57 Å². The van der Waals surface area contributed by atoms with Gasteiger partial charge in [-0.25, -0.2) is 4.79 Å². The van der Waals surface area contributed by atoms with Crippen molar-refractivity contribution in [3.05, 3.63) is 46.7 Å². The summed E-state index contributed by atoms with van der Waals surface area (Å²) in [6.45, 7) is 7.31. The SMILES string of the molecule is C/C=C(\C=C/C(C)C)C1(CCn2cc[nH]c2=O)CC1. The van der Waals surface area contributed by atoms with E-state index in [0.717, 1.165) is 13.0 Å². The summed E-state index contributed by atoms with van der Waals surface area (Å²) >= 11 is 0. The summed E-state index contributed by atoms with van der Waals surface area (Å²) < 4.78 is 1.76. The van der Waals surface area contributed by atoms with Crippen LogP contribution in [-0.4, -0.2) is 9.55 Å². The van der Waals surface area contributed by atoms with Crippen LogP contribution in [0.3, 0.4) is 0 Å². The van der Waals surface area contributed by atoms with Gasteiger partial charge >= 0.3 is 5.69 Å². The van der Waals surface area contributed by atoms with Crippen molar-refractivity contribution in [1.29, 1.82) is 0 Å². The van der Waals surface area contributed by atoms with Crippen LogP contribution in [0.4, 0.5) is 0 Å².